The highest BCUT2D eigenvalue weighted by atomic mass is 32.2. The molecule has 1 fully saturated rings. The minimum Gasteiger partial charge on any atom is -0.348 e. The predicted molar refractivity (Wildman–Crippen MR) is 141 cm³/mol. The van der Waals surface area contributed by atoms with Crippen molar-refractivity contribution >= 4 is 51.7 Å². The average Bonchev–Trinajstić information content (AvgIpc) is 3.51. The molecule has 1 aromatic heterocycles. The molecular weight excluding hydrogens is 468 g/mol. The van der Waals surface area contributed by atoms with E-state index in [1.165, 1.54) is 21.9 Å². The van der Waals surface area contributed by atoms with Gasteiger partial charge in [0.05, 0.1) is 10.1 Å². The molecule has 4 nitrogen and oxygen atoms in total. The highest BCUT2D eigenvalue weighted by Gasteiger charge is 2.26. The number of benzene rings is 2. The second-order valence-corrected chi connectivity index (χ2v) is 12.1. The number of thioether (sulfide) groups is 2. The van der Waals surface area contributed by atoms with E-state index < -0.39 is 0 Å². The molecule has 7 heteroatoms. The van der Waals surface area contributed by atoms with Crippen molar-refractivity contribution in [3.05, 3.63) is 87.3 Å². The fraction of sp³-hybridized carbons (Fsp3) is 0.308. The van der Waals surface area contributed by atoms with Gasteiger partial charge in [-0.25, -0.2) is 0 Å². The Morgan fingerprint density at radius 1 is 0.879 bits per heavy atom. The van der Waals surface area contributed by atoms with Gasteiger partial charge in [-0.1, -0.05) is 42.5 Å². The van der Waals surface area contributed by atoms with Crippen LogP contribution in [0.5, 0.6) is 0 Å². The van der Waals surface area contributed by atoms with E-state index in [0.717, 1.165) is 36.8 Å². The lowest BCUT2D eigenvalue weighted by molar-refractivity contribution is 0.0951. The van der Waals surface area contributed by atoms with Crippen molar-refractivity contribution < 1.29 is 9.59 Å². The monoisotopic (exact) mass is 494 g/mol. The zero-order valence-electron chi connectivity index (χ0n) is 18.3. The number of amides is 2. The third-order valence-corrected chi connectivity index (χ3v) is 10.3. The highest BCUT2D eigenvalue weighted by molar-refractivity contribution is 8.19. The van der Waals surface area contributed by atoms with Crippen LogP contribution in [-0.2, 0) is 19.4 Å². The van der Waals surface area contributed by atoms with Gasteiger partial charge in [-0.3, -0.25) is 9.59 Å². The quantitative estimate of drug-likeness (QED) is 0.423. The van der Waals surface area contributed by atoms with Gasteiger partial charge in [0.1, 0.15) is 5.00 Å². The minimum absolute atomic E-state index is 0.112. The predicted octanol–water partition coefficient (Wildman–Crippen LogP) is 6.29. The smallest absolute Gasteiger partial charge is 0.256 e. The van der Waals surface area contributed by atoms with Gasteiger partial charge in [-0.15, -0.1) is 34.9 Å². The number of fused-ring (bicyclic) bond motifs is 1. The lowest BCUT2D eigenvalue weighted by Crippen LogP contribution is -2.25. The Hall–Kier alpha value is -2.22. The number of anilines is 1. The van der Waals surface area contributed by atoms with E-state index >= 15 is 0 Å². The Morgan fingerprint density at radius 3 is 2.36 bits per heavy atom. The lowest BCUT2D eigenvalue weighted by atomic mass is 9.95. The summed E-state index contributed by atoms with van der Waals surface area (Å²) >= 11 is 5.47. The molecule has 5 rings (SSSR count). The molecule has 2 aliphatic rings. The molecule has 0 atom stereocenters. The molecule has 2 aromatic carbocycles. The number of hydrogen-bond donors (Lipinski definition) is 2. The molecule has 0 spiro atoms. The number of hydrogen-bond acceptors (Lipinski definition) is 5. The summed E-state index contributed by atoms with van der Waals surface area (Å²) in [5.74, 6) is 2.08. The van der Waals surface area contributed by atoms with Crippen LogP contribution < -0.4 is 10.6 Å². The molecular formula is C26H26N2O2S3. The van der Waals surface area contributed by atoms with E-state index in [2.05, 4.69) is 22.8 Å². The molecule has 3 aromatic rings. The third kappa shape index (κ3) is 5.15. The number of carbonyl (C=O) groups excluding carboxylic acids is 2. The van der Waals surface area contributed by atoms with Crippen LogP contribution in [0, 0.1) is 0 Å². The fourth-order valence-corrected chi connectivity index (χ4v) is 8.42. The van der Waals surface area contributed by atoms with Crippen molar-refractivity contribution in [1.29, 1.82) is 0 Å². The Balaban J connectivity index is 1.34. The molecule has 33 heavy (non-hydrogen) atoms. The van der Waals surface area contributed by atoms with Crippen molar-refractivity contribution in [2.45, 2.75) is 36.8 Å². The Kier molecular flexibility index (Phi) is 7.09. The van der Waals surface area contributed by atoms with Gasteiger partial charge in [0.15, 0.2) is 0 Å². The first-order valence-corrected chi connectivity index (χ1v) is 14.2. The summed E-state index contributed by atoms with van der Waals surface area (Å²) in [4.78, 5) is 27.5. The van der Waals surface area contributed by atoms with Crippen molar-refractivity contribution in [3.63, 3.8) is 0 Å². The van der Waals surface area contributed by atoms with E-state index in [9.17, 15) is 9.59 Å². The number of rotatable bonds is 6. The van der Waals surface area contributed by atoms with E-state index in [1.807, 2.05) is 66.0 Å². The van der Waals surface area contributed by atoms with E-state index in [4.69, 9.17) is 0 Å². The van der Waals surface area contributed by atoms with Gasteiger partial charge < -0.3 is 10.6 Å². The van der Waals surface area contributed by atoms with Gasteiger partial charge >= 0.3 is 0 Å². The van der Waals surface area contributed by atoms with Gasteiger partial charge in [0, 0.05) is 28.5 Å². The van der Waals surface area contributed by atoms with Crippen LogP contribution in [0.3, 0.4) is 0 Å². The summed E-state index contributed by atoms with van der Waals surface area (Å²) in [7, 11) is 0. The second kappa shape index (κ2) is 10.4. The van der Waals surface area contributed by atoms with Crippen LogP contribution in [-0.4, -0.2) is 23.3 Å². The van der Waals surface area contributed by atoms with Crippen LogP contribution in [0.25, 0.3) is 0 Å². The Morgan fingerprint density at radius 2 is 1.61 bits per heavy atom. The van der Waals surface area contributed by atoms with Crippen LogP contribution in [0.2, 0.25) is 0 Å². The van der Waals surface area contributed by atoms with Crippen LogP contribution in [0.1, 0.15) is 59.7 Å². The first-order chi connectivity index (χ1) is 16.2. The van der Waals surface area contributed by atoms with Crippen molar-refractivity contribution in [2.24, 2.45) is 0 Å². The summed E-state index contributed by atoms with van der Waals surface area (Å²) < 4.78 is 0.464. The second-order valence-electron chi connectivity index (χ2n) is 8.23. The van der Waals surface area contributed by atoms with Gasteiger partial charge in [0.25, 0.3) is 11.8 Å². The van der Waals surface area contributed by atoms with Crippen LogP contribution in [0.4, 0.5) is 5.00 Å². The Bertz CT molecular complexity index is 1140. The molecule has 170 valence electrons. The van der Waals surface area contributed by atoms with E-state index in [1.54, 1.807) is 11.3 Å². The molecule has 0 saturated carbocycles. The molecule has 1 aliphatic carbocycles. The van der Waals surface area contributed by atoms with Gasteiger partial charge in [-0.05, 0) is 54.5 Å². The molecule has 2 amide bonds. The largest absolute Gasteiger partial charge is 0.348 e. The summed E-state index contributed by atoms with van der Waals surface area (Å²) in [6, 6.07) is 17.8. The van der Waals surface area contributed by atoms with Crippen LogP contribution in [0.15, 0.2) is 54.6 Å². The molecule has 1 aliphatic heterocycles. The summed E-state index contributed by atoms with van der Waals surface area (Å²) in [6.45, 7) is 0.469. The summed E-state index contributed by atoms with van der Waals surface area (Å²) in [6.07, 6.45) is 4.07. The van der Waals surface area contributed by atoms with Crippen molar-refractivity contribution in [2.75, 3.05) is 16.8 Å². The molecule has 2 N–H and O–H groups in total. The highest BCUT2D eigenvalue weighted by Crippen LogP contribution is 2.45. The Labute approximate surface area is 206 Å². The third-order valence-electron chi connectivity index (χ3n) is 5.99. The molecule has 0 radical (unpaired) electrons. The maximum atomic E-state index is 13.2. The maximum Gasteiger partial charge on any atom is 0.256 e. The number of carbonyl (C=O) groups is 2. The normalized spacial score (nSPS) is 15.8. The maximum absolute atomic E-state index is 13.2. The zero-order chi connectivity index (χ0) is 22.6. The van der Waals surface area contributed by atoms with Crippen molar-refractivity contribution in [3.8, 4) is 0 Å². The minimum atomic E-state index is -0.163. The molecule has 0 unspecified atom stereocenters. The number of thiophene rings is 1. The summed E-state index contributed by atoms with van der Waals surface area (Å²) in [5, 5.41) is 6.79. The zero-order valence-corrected chi connectivity index (χ0v) is 20.7. The number of nitrogens with one attached hydrogen (secondary N) is 2. The van der Waals surface area contributed by atoms with Crippen LogP contribution >= 0.6 is 34.9 Å². The van der Waals surface area contributed by atoms with E-state index in [-0.39, 0.29) is 11.8 Å². The average molecular weight is 495 g/mol. The van der Waals surface area contributed by atoms with Crippen molar-refractivity contribution in [1.82, 2.24) is 5.32 Å². The van der Waals surface area contributed by atoms with Gasteiger partial charge in [0.2, 0.25) is 0 Å². The van der Waals surface area contributed by atoms with Gasteiger partial charge in [-0.2, -0.15) is 0 Å². The number of aryl methyl sites for hydroxylation is 1. The molecule has 1 saturated heterocycles. The topological polar surface area (TPSA) is 58.2 Å². The lowest BCUT2D eigenvalue weighted by Gasteiger charge is -2.13. The fourth-order valence-electron chi connectivity index (χ4n) is 4.28. The first kappa shape index (κ1) is 22.6. The summed E-state index contributed by atoms with van der Waals surface area (Å²) in [5.41, 5.74) is 4.69. The van der Waals surface area contributed by atoms with E-state index in [0.29, 0.717) is 27.3 Å². The SMILES string of the molecule is O=C(Nc1sc2c(c1C(=O)NCc1ccccc1)CCCC2)c1ccc(C2SCCS2)cc1. The first-order valence-electron chi connectivity index (χ1n) is 11.3. The standard InChI is InChI=1S/C26H26N2O2S3/c29-23(18-10-12-19(13-11-18)26-31-14-15-32-26)28-25-22(20-8-4-5-9-21(20)33-25)24(30)27-16-17-6-2-1-3-7-17/h1-3,6-7,10-13,26H,4-5,8-9,14-16H2,(H,27,30)(H,28,29). The molecule has 0 bridgehead atoms. The molecule has 2 heterocycles.